The highest BCUT2D eigenvalue weighted by molar-refractivity contribution is 5.95. The van der Waals surface area contributed by atoms with Crippen molar-refractivity contribution in [3.63, 3.8) is 0 Å². The Morgan fingerprint density at radius 3 is 2.92 bits per heavy atom. The van der Waals surface area contributed by atoms with E-state index in [9.17, 15) is 0 Å². The van der Waals surface area contributed by atoms with Crippen molar-refractivity contribution in [1.82, 2.24) is 24.6 Å². The molecular weight excluding hydrogens is 316 g/mol. The second kappa shape index (κ2) is 7.39. The molecule has 0 fully saturated rings. The van der Waals surface area contributed by atoms with E-state index in [0.717, 1.165) is 56.0 Å². The zero-order valence-corrected chi connectivity index (χ0v) is 15.6. The van der Waals surface area contributed by atoms with Crippen molar-refractivity contribution >= 4 is 5.84 Å². The molecule has 0 atom stereocenters. The first kappa shape index (κ1) is 17.7. The summed E-state index contributed by atoms with van der Waals surface area (Å²) in [5, 5.41) is 13.4. The largest absolute Gasteiger partial charge is 0.385 e. The molecule has 1 aliphatic heterocycles. The number of nitrogens with zero attached hydrogens (tertiary/aromatic N) is 4. The van der Waals surface area contributed by atoms with Crippen LogP contribution in [0.15, 0.2) is 0 Å². The predicted molar refractivity (Wildman–Crippen MR) is 97.1 cm³/mol. The molecule has 7 nitrogen and oxygen atoms in total. The molecule has 3 heterocycles. The number of hydrogen-bond acceptors (Lipinski definition) is 4. The fraction of sp³-hybridized carbons (Fsp3) is 0.611. The van der Waals surface area contributed by atoms with Gasteiger partial charge in [0.2, 0.25) is 0 Å². The van der Waals surface area contributed by atoms with E-state index in [1.54, 1.807) is 7.11 Å². The normalized spacial score (nSPS) is 14.0. The molecule has 7 heteroatoms. The Balaban J connectivity index is 1.80. The summed E-state index contributed by atoms with van der Waals surface area (Å²) in [6.07, 6.45) is 3.58. The molecule has 136 valence electrons. The maximum absolute atomic E-state index is 8.73. The first-order valence-electron chi connectivity index (χ1n) is 8.97. The van der Waals surface area contributed by atoms with Gasteiger partial charge in [-0.3, -0.25) is 10.1 Å². The summed E-state index contributed by atoms with van der Waals surface area (Å²) in [4.78, 5) is 10.0. The van der Waals surface area contributed by atoms with E-state index in [-0.39, 0.29) is 0 Å². The summed E-state index contributed by atoms with van der Waals surface area (Å²) < 4.78 is 7.14. The van der Waals surface area contributed by atoms with Gasteiger partial charge in [-0.1, -0.05) is 6.92 Å². The molecule has 25 heavy (non-hydrogen) atoms. The van der Waals surface area contributed by atoms with Crippen LogP contribution >= 0.6 is 0 Å². The van der Waals surface area contributed by atoms with Gasteiger partial charge in [-0.15, -0.1) is 0 Å². The number of amidine groups is 1. The Bertz CT molecular complexity index is 760. The maximum Gasteiger partial charge on any atom is 0.147 e. The molecule has 1 aliphatic rings. The van der Waals surface area contributed by atoms with Crippen LogP contribution in [0.3, 0.4) is 0 Å². The SMILES string of the molecule is CCc1c2c(nn1C)CCN(C(=N)c1[nH]c(C)nc1CCCOC)C2. The summed E-state index contributed by atoms with van der Waals surface area (Å²) in [6, 6.07) is 0. The molecule has 2 N–H and O–H groups in total. The van der Waals surface area contributed by atoms with Gasteiger partial charge in [0.1, 0.15) is 17.4 Å². The van der Waals surface area contributed by atoms with Crippen molar-refractivity contribution in [3.05, 3.63) is 34.2 Å². The zero-order valence-electron chi connectivity index (χ0n) is 15.6. The van der Waals surface area contributed by atoms with Gasteiger partial charge in [0.05, 0.1) is 11.4 Å². The van der Waals surface area contributed by atoms with E-state index >= 15 is 0 Å². The third-order valence-electron chi connectivity index (χ3n) is 4.87. The van der Waals surface area contributed by atoms with Crippen molar-refractivity contribution in [2.45, 2.75) is 46.1 Å². The third kappa shape index (κ3) is 3.46. The highest BCUT2D eigenvalue weighted by atomic mass is 16.5. The summed E-state index contributed by atoms with van der Waals surface area (Å²) in [5.41, 5.74) is 5.56. The van der Waals surface area contributed by atoms with Gasteiger partial charge in [-0.2, -0.15) is 5.10 Å². The molecule has 0 amide bonds. The van der Waals surface area contributed by atoms with Gasteiger partial charge >= 0.3 is 0 Å². The quantitative estimate of drug-likeness (QED) is 0.477. The van der Waals surface area contributed by atoms with E-state index in [1.807, 2.05) is 18.7 Å². The van der Waals surface area contributed by atoms with Gasteiger partial charge < -0.3 is 14.6 Å². The maximum atomic E-state index is 8.73. The Morgan fingerprint density at radius 2 is 2.20 bits per heavy atom. The average molecular weight is 344 g/mol. The number of aryl methyl sites for hydroxylation is 3. The number of ether oxygens (including phenoxy) is 1. The monoisotopic (exact) mass is 344 g/mol. The van der Waals surface area contributed by atoms with Crippen molar-refractivity contribution in [2.75, 3.05) is 20.3 Å². The molecule has 0 saturated carbocycles. The number of fused-ring (bicyclic) bond motifs is 1. The second-order valence-electron chi connectivity index (χ2n) is 6.61. The van der Waals surface area contributed by atoms with E-state index in [2.05, 4.69) is 26.9 Å². The number of hydrogen-bond donors (Lipinski definition) is 2. The molecule has 0 aliphatic carbocycles. The molecule has 2 aromatic heterocycles. The Kier molecular flexibility index (Phi) is 5.22. The molecular formula is C18H28N6O. The number of rotatable bonds is 6. The van der Waals surface area contributed by atoms with Gasteiger partial charge in [0.25, 0.3) is 0 Å². The highest BCUT2D eigenvalue weighted by Gasteiger charge is 2.26. The molecule has 2 aromatic rings. The molecule has 3 rings (SSSR count). The Labute approximate surface area is 148 Å². The van der Waals surface area contributed by atoms with Crippen LogP contribution in [0.2, 0.25) is 0 Å². The standard InChI is InChI=1S/C18H28N6O/c1-5-16-13-11-24(9-8-14(13)22-23(16)3)18(19)17-15(7-6-10-25-4)20-12(2)21-17/h19H,5-11H2,1-4H3,(H,20,21). The van der Waals surface area contributed by atoms with Crippen LogP contribution in [0.4, 0.5) is 0 Å². The number of methoxy groups -OCH3 is 1. The minimum Gasteiger partial charge on any atom is -0.385 e. The van der Waals surface area contributed by atoms with Crippen molar-refractivity contribution < 1.29 is 4.74 Å². The van der Waals surface area contributed by atoms with Crippen LogP contribution < -0.4 is 0 Å². The minimum absolute atomic E-state index is 0.532. The smallest absolute Gasteiger partial charge is 0.147 e. The first-order chi connectivity index (χ1) is 12.0. The molecule has 0 unspecified atom stereocenters. The van der Waals surface area contributed by atoms with Gasteiger partial charge in [-0.05, 0) is 26.2 Å². The van der Waals surface area contributed by atoms with Crippen LogP contribution in [-0.4, -0.2) is 50.7 Å². The summed E-state index contributed by atoms with van der Waals surface area (Å²) in [7, 11) is 3.72. The lowest BCUT2D eigenvalue weighted by Gasteiger charge is -2.29. The fourth-order valence-corrected chi connectivity index (χ4v) is 3.65. The molecule has 0 aromatic carbocycles. The lowest BCUT2D eigenvalue weighted by atomic mass is 10.0. The summed E-state index contributed by atoms with van der Waals surface area (Å²) in [5.74, 6) is 1.39. The number of H-pyrrole nitrogens is 1. The van der Waals surface area contributed by atoms with E-state index in [0.29, 0.717) is 12.4 Å². The molecule has 0 saturated heterocycles. The van der Waals surface area contributed by atoms with Crippen LogP contribution in [0.5, 0.6) is 0 Å². The van der Waals surface area contributed by atoms with Crippen LogP contribution in [-0.2, 0) is 37.6 Å². The minimum atomic E-state index is 0.532. The summed E-state index contributed by atoms with van der Waals surface area (Å²) in [6.45, 7) is 6.39. The lowest BCUT2D eigenvalue weighted by Crippen LogP contribution is -2.36. The van der Waals surface area contributed by atoms with Crippen molar-refractivity contribution in [2.24, 2.45) is 7.05 Å². The van der Waals surface area contributed by atoms with E-state index < -0.39 is 0 Å². The number of imidazole rings is 1. The molecule has 0 bridgehead atoms. The number of nitrogens with one attached hydrogen (secondary N) is 2. The third-order valence-corrected chi connectivity index (χ3v) is 4.87. The fourth-order valence-electron chi connectivity index (χ4n) is 3.65. The van der Waals surface area contributed by atoms with Crippen molar-refractivity contribution in [1.29, 1.82) is 5.41 Å². The second-order valence-corrected chi connectivity index (χ2v) is 6.61. The Morgan fingerprint density at radius 1 is 1.40 bits per heavy atom. The van der Waals surface area contributed by atoms with Gasteiger partial charge in [0, 0.05) is 51.5 Å². The zero-order chi connectivity index (χ0) is 18.0. The lowest BCUT2D eigenvalue weighted by molar-refractivity contribution is 0.195. The van der Waals surface area contributed by atoms with Gasteiger partial charge in [-0.25, -0.2) is 4.98 Å². The van der Waals surface area contributed by atoms with Crippen LogP contribution in [0.1, 0.15) is 47.5 Å². The van der Waals surface area contributed by atoms with E-state index in [1.165, 1.54) is 17.0 Å². The van der Waals surface area contributed by atoms with E-state index in [4.69, 9.17) is 10.1 Å². The predicted octanol–water partition coefficient (Wildman–Crippen LogP) is 1.98. The highest BCUT2D eigenvalue weighted by Crippen LogP contribution is 2.24. The van der Waals surface area contributed by atoms with Crippen LogP contribution in [0, 0.1) is 12.3 Å². The van der Waals surface area contributed by atoms with Crippen molar-refractivity contribution in [3.8, 4) is 0 Å². The topological polar surface area (TPSA) is 82.8 Å². The molecule has 0 spiro atoms. The number of aromatic amines is 1. The molecule has 0 radical (unpaired) electrons. The average Bonchev–Trinajstić information content (AvgIpc) is 3.12. The first-order valence-corrected chi connectivity index (χ1v) is 8.97. The van der Waals surface area contributed by atoms with Gasteiger partial charge in [0.15, 0.2) is 0 Å². The van der Waals surface area contributed by atoms with Crippen LogP contribution in [0.25, 0.3) is 0 Å². The number of aromatic nitrogens is 4. The summed E-state index contributed by atoms with van der Waals surface area (Å²) >= 11 is 0. The Hall–Kier alpha value is -2.15.